The fraction of sp³-hybridized carbons (Fsp3) is 0.308. The number of hydrogen-bond donors (Lipinski definition) is 2. The van der Waals surface area contributed by atoms with Crippen LogP contribution in [0.15, 0.2) is 24.3 Å². The molecule has 6 heteroatoms. The number of thiol groups is 1. The summed E-state index contributed by atoms with van der Waals surface area (Å²) in [6.07, 6.45) is 0.505. The Kier molecular flexibility index (Phi) is 3.02. The Morgan fingerprint density at radius 2 is 2.11 bits per heavy atom. The van der Waals surface area contributed by atoms with E-state index in [-0.39, 0.29) is 11.2 Å². The predicted octanol–water partition coefficient (Wildman–Crippen LogP) is 1.82. The second-order valence-corrected chi connectivity index (χ2v) is 5.38. The summed E-state index contributed by atoms with van der Waals surface area (Å²) in [5, 5.41) is 7.05. The van der Waals surface area contributed by atoms with E-state index in [1.165, 1.54) is 0 Å². The minimum Gasteiger partial charge on any atom is -0.311 e. The van der Waals surface area contributed by atoms with Crippen molar-refractivity contribution in [3.8, 4) is 11.4 Å². The summed E-state index contributed by atoms with van der Waals surface area (Å²) >= 11 is 4.35. The summed E-state index contributed by atoms with van der Waals surface area (Å²) in [6.45, 7) is 2.53. The third-order valence-corrected chi connectivity index (χ3v) is 3.48. The number of anilines is 1. The highest BCUT2D eigenvalue weighted by Gasteiger charge is 2.28. The second-order valence-electron chi connectivity index (χ2n) is 4.65. The first-order chi connectivity index (χ1) is 9.13. The number of hydrogen-bond acceptors (Lipinski definition) is 4. The van der Waals surface area contributed by atoms with Crippen LogP contribution in [0, 0.1) is 6.92 Å². The largest absolute Gasteiger partial charge is 0.311 e. The van der Waals surface area contributed by atoms with Crippen molar-refractivity contribution in [2.24, 2.45) is 0 Å². The zero-order valence-electron chi connectivity index (χ0n) is 10.5. The maximum atomic E-state index is 11.8. The van der Waals surface area contributed by atoms with Gasteiger partial charge in [-0.15, -0.1) is 0 Å². The highest BCUT2D eigenvalue weighted by Crippen LogP contribution is 2.26. The van der Waals surface area contributed by atoms with Gasteiger partial charge in [0.1, 0.15) is 5.82 Å². The van der Waals surface area contributed by atoms with Gasteiger partial charge in [-0.1, -0.05) is 0 Å². The van der Waals surface area contributed by atoms with Crippen molar-refractivity contribution in [3.05, 3.63) is 30.1 Å². The fourth-order valence-electron chi connectivity index (χ4n) is 2.20. The van der Waals surface area contributed by atoms with Gasteiger partial charge in [0.2, 0.25) is 5.91 Å². The van der Waals surface area contributed by atoms with Crippen molar-refractivity contribution >= 4 is 24.2 Å². The lowest BCUT2D eigenvalue weighted by Crippen LogP contribution is -2.24. The van der Waals surface area contributed by atoms with Gasteiger partial charge in [-0.25, -0.2) is 4.98 Å². The zero-order chi connectivity index (χ0) is 13.4. The summed E-state index contributed by atoms with van der Waals surface area (Å²) in [7, 11) is 0. The summed E-state index contributed by atoms with van der Waals surface area (Å²) in [5.41, 5.74) is 1.83. The summed E-state index contributed by atoms with van der Waals surface area (Å²) in [4.78, 5) is 17.8. The number of nitrogens with one attached hydrogen (secondary N) is 1. The molecular weight excluding hydrogens is 260 g/mol. The van der Waals surface area contributed by atoms with Crippen LogP contribution in [0.25, 0.3) is 11.4 Å². The Morgan fingerprint density at radius 3 is 2.63 bits per heavy atom. The Balaban J connectivity index is 1.85. The monoisotopic (exact) mass is 274 g/mol. The van der Waals surface area contributed by atoms with E-state index in [0.29, 0.717) is 18.8 Å². The lowest BCUT2D eigenvalue weighted by atomic mass is 10.2. The highest BCUT2D eigenvalue weighted by atomic mass is 32.1. The maximum Gasteiger partial charge on any atom is 0.228 e. The molecule has 0 spiro atoms. The van der Waals surface area contributed by atoms with Crippen molar-refractivity contribution in [2.75, 3.05) is 11.4 Å². The molecule has 1 aliphatic heterocycles. The van der Waals surface area contributed by atoms with Crippen molar-refractivity contribution in [3.63, 3.8) is 0 Å². The van der Waals surface area contributed by atoms with Crippen LogP contribution in [0.5, 0.6) is 0 Å². The quantitative estimate of drug-likeness (QED) is 0.821. The molecule has 5 nitrogen and oxygen atoms in total. The summed E-state index contributed by atoms with van der Waals surface area (Å²) in [6, 6.07) is 7.70. The van der Waals surface area contributed by atoms with Gasteiger partial charge < -0.3 is 4.90 Å². The summed E-state index contributed by atoms with van der Waals surface area (Å²) < 4.78 is 0. The van der Waals surface area contributed by atoms with Crippen LogP contribution in [0.1, 0.15) is 12.2 Å². The van der Waals surface area contributed by atoms with E-state index in [9.17, 15) is 4.79 Å². The molecule has 0 radical (unpaired) electrons. The molecule has 19 heavy (non-hydrogen) atoms. The molecule has 1 amide bonds. The molecule has 0 aliphatic carbocycles. The van der Waals surface area contributed by atoms with E-state index < -0.39 is 0 Å². The van der Waals surface area contributed by atoms with E-state index in [1.54, 1.807) is 4.90 Å². The first-order valence-electron chi connectivity index (χ1n) is 6.11. The zero-order valence-corrected chi connectivity index (χ0v) is 11.4. The fourth-order valence-corrected chi connectivity index (χ4v) is 2.52. The van der Waals surface area contributed by atoms with Crippen LogP contribution in [0.2, 0.25) is 0 Å². The van der Waals surface area contributed by atoms with Gasteiger partial charge >= 0.3 is 0 Å². The number of aromatic nitrogens is 3. The Bertz CT molecular complexity index is 607. The number of aryl methyl sites for hydroxylation is 1. The van der Waals surface area contributed by atoms with Gasteiger partial charge in [0.05, 0.1) is 0 Å². The Labute approximate surface area is 116 Å². The van der Waals surface area contributed by atoms with Crippen LogP contribution in [0.3, 0.4) is 0 Å². The van der Waals surface area contributed by atoms with E-state index in [4.69, 9.17) is 0 Å². The third kappa shape index (κ3) is 2.35. The smallest absolute Gasteiger partial charge is 0.228 e. The molecule has 1 unspecified atom stereocenters. The van der Waals surface area contributed by atoms with E-state index >= 15 is 0 Å². The standard InChI is InChI=1S/C13H14N4OS/c1-8-14-13(16-15-8)9-2-4-10(5-3-9)17-7-11(19)6-12(17)18/h2-5,11,19H,6-7H2,1H3,(H,14,15,16). The van der Waals surface area contributed by atoms with Gasteiger partial charge in [-0.3, -0.25) is 9.89 Å². The second kappa shape index (κ2) is 4.70. The molecule has 1 aliphatic rings. The molecule has 0 saturated carbocycles. The number of rotatable bonds is 2. The maximum absolute atomic E-state index is 11.8. The topological polar surface area (TPSA) is 61.9 Å². The van der Waals surface area contributed by atoms with Gasteiger partial charge in [-0.2, -0.15) is 17.7 Å². The first kappa shape index (κ1) is 12.2. The van der Waals surface area contributed by atoms with Crippen molar-refractivity contribution < 1.29 is 4.79 Å². The number of benzene rings is 1. The van der Waals surface area contributed by atoms with Crippen LogP contribution in [-0.2, 0) is 4.79 Å². The Morgan fingerprint density at radius 1 is 1.37 bits per heavy atom. The molecule has 1 saturated heterocycles. The lowest BCUT2D eigenvalue weighted by Gasteiger charge is -2.16. The minimum atomic E-state index is 0.126. The molecule has 1 aromatic carbocycles. The number of carbonyl (C=O) groups excluding carboxylic acids is 1. The molecule has 1 atom stereocenters. The van der Waals surface area contributed by atoms with Gasteiger partial charge in [0, 0.05) is 29.5 Å². The van der Waals surface area contributed by atoms with E-state index in [0.717, 1.165) is 17.1 Å². The van der Waals surface area contributed by atoms with Gasteiger partial charge in [0.25, 0.3) is 0 Å². The average molecular weight is 274 g/mol. The highest BCUT2D eigenvalue weighted by molar-refractivity contribution is 7.81. The third-order valence-electron chi connectivity index (χ3n) is 3.14. The lowest BCUT2D eigenvalue weighted by molar-refractivity contribution is -0.117. The van der Waals surface area contributed by atoms with Crippen molar-refractivity contribution in [1.29, 1.82) is 0 Å². The molecule has 1 N–H and O–H groups in total. The van der Waals surface area contributed by atoms with E-state index in [1.807, 2.05) is 31.2 Å². The van der Waals surface area contributed by atoms with Gasteiger partial charge in [-0.05, 0) is 31.2 Å². The Hall–Kier alpha value is -1.82. The molecular formula is C13H14N4OS. The van der Waals surface area contributed by atoms with Crippen LogP contribution >= 0.6 is 12.6 Å². The predicted molar refractivity (Wildman–Crippen MR) is 76.3 cm³/mol. The number of H-pyrrole nitrogens is 1. The van der Waals surface area contributed by atoms with Crippen molar-refractivity contribution in [1.82, 2.24) is 15.2 Å². The molecule has 2 heterocycles. The van der Waals surface area contributed by atoms with Crippen LogP contribution < -0.4 is 4.90 Å². The van der Waals surface area contributed by atoms with Crippen LogP contribution in [-0.4, -0.2) is 32.9 Å². The molecule has 98 valence electrons. The molecule has 1 fully saturated rings. The number of nitrogens with zero attached hydrogens (tertiary/aromatic N) is 3. The molecule has 1 aromatic heterocycles. The number of aromatic amines is 1. The minimum absolute atomic E-state index is 0.126. The molecule has 3 rings (SSSR count). The molecule has 0 bridgehead atoms. The van der Waals surface area contributed by atoms with Gasteiger partial charge in [0.15, 0.2) is 5.82 Å². The first-order valence-corrected chi connectivity index (χ1v) is 6.63. The van der Waals surface area contributed by atoms with E-state index in [2.05, 4.69) is 27.8 Å². The molecule has 2 aromatic rings. The SMILES string of the molecule is Cc1nc(-c2ccc(N3CC(S)CC3=O)cc2)n[nH]1. The van der Waals surface area contributed by atoms with Crippen molar-refractivity contribution in [2.45, 2.75) is 18.6 Å². The number of carbonyl (C=O) groups is 1. The number of amides is 1. The van der Waals surface area contributed by atoms with Crippen LogP contribution in [0.4, 0.5) is 5.69 Å². The normalized spacial score (nSPS) is 19.2. The summed E-state index contributed by atoms with van der Waals surface area (Å²) in [5.74, 6) is 1.58. The average Bonchev–Trinajstić information content (AvgIpc) is 2.96.